The SMILES string of the molecule is C[C@H](C(=N)NCCCN(C)C)c1cccc(C(=O)c2ccccc2)c1.Cl. The number of carbonyl (C=O) groups excluding carboxylic acids is 1. The molecule has 2 rings (SSSR count). The van der Waals surface area contributed by atoms with Gasteiger partial charge in [-0.2, -0.15) is 0 Å². The van der Waals surface area contributed by atoms with Gasteiger partial charge < -0.3 is 10.2 Å². The van der Waals surface area contributed by atoms with Gasteiger partial charge in [0.25, 0.3) is 0 Å². The molecular weight excluding hydrogens is 346 g/mol. The van der Waals surface area contributed by atoms with Gasteiger partial charge in [-0.1, -0.05) is 55.5 Å². The molecule has 0 aliphatic carbocycles. The Morgan fingerprint density at radius 1 is 1.08 bits per heavy atom. The summed E-state index contributed by atoms with van der Waals surface area (Å²) < 4.78 is 0. The summed E-state index contributed by atoms with van der Waals surface area (Å²) in [5.41, 5.74) is 2.33. The number of carbonyl (C=O) groups is 1. The maximum Gasteiger partial charge on any atom is 0.193 e. The topological polar surface area (TPSA) is 56.2 Å². The van der Waals surface area contributed by atoms with Gasteiger partial charge in [-0.3, -0.25) is 10.2 Å². The van der Waals surface area contributed by atoms with Crippen LogP contribution in [0.25, 0.3) is 0 Å². The summed E-state index contributed by atoms with van der Waals surface area (Å²) >= 11 is 0. The number of nitrogens with one attached hydrogen (secondary N) is 2. The third kappa shape index (κ3) is 6.28. The average molecular weight is 374 g/mol. The summed E-state index contributed by atoms with van der Waals surface area (Å²) in [4.78, 5) is 14.7. The van der Waals surface area contributed by atoms with Crippen molar-refractivity contribution in [2.75, 3.05) is 27.2 Å². The fourth-order valence-electron chi connectivity index (χ4n) is 2.64. The van der Waals surface area contributed by atoms with Crippen LogP contribution in [0.4, 0.5) is 0 Å². The fourth-order valence-corrected chi connectivity index (χ4v) is 2.64. The molecule has 0 aromatic heterocycles. The lowest BCUT2D eigenvalue weighted by atomic mass is 9.95. The quantitative estimate of drug-likeness (QED) is 0.318. The number of hydrogen-bond acceptors (Lipinski definition) is 3. The van der Waals surface area contributed by atoms with E-state index >= 15 is 0 Å². The largest absolute Gasteiger partial charge is 0.373 e. The molecule has 4 nitrogen and oxygen atoms in total. The van der Waals surface area contributed by atoms with Crippen molar-refractivity contribution in [1.82, 2.24) is 10.2 Å². The molecule has 2 N–H and O–H groups in total. The van der Waals surface area contributed by atoms with E-state index in [9.17, 15) is 4.79 Å². The smallest absolute Gasteiger partial charge is 0.193 e. The Bertz CT molecular complexity index is 716. The predicted molar refractivity (Wildman–Crippen MR) is 111 cm³/mol. The first-order valence-electron chi connectivity index (χ1n) is 8.66. The molecule has 0 saturated carbocycles. The predicted octanol–water partition coefficient (Wildman–Crippen LogP) is 3.96. The first-order chi connectivity index (χ1) is 12.0. The van der Waals surface area contributed by atoms with E-state index in [1.807, 2.05) is 75.6 Å². The maximum absolute atomic E-state index is 12.6. The zero-order valence-electron chi connectivity index (χ0n) is 15.7. The van der Waals surface area contributed by atoms with Crippen molar-refractivity contribution >= 4 is 24.0 Å². The van der Waals surface area contributed by atoms with Gasteiger partial charge in [0, 0.05) is 23.6 Å². The van der Waals surface area contributed by atoms with E-state index in [2.05, 4.69) is 10.2 Å². The minimum Gasteiger partial charge on any atom is -0.373 e. The summed E-state index contributed by atoms with van der Waals surface area (Å²) in [6.45, 7) is 3.77. The van der Waals surface area contributed by atoms with Crippen molar-refractivity contribution in [1.29, 1.82) is 5.41 Å². The molecule has 1 atom stereocenters. The number of nitrogens with zero attached hydrogens (tertiary/aromatic N) is 1. The molecule has 0 amide bonds. The number of ketones is 1. The Morgan fingerprint density at radius 2 is 1.73 bits per heavy atom. The van der Waals surface area contributed by atoms with Crippen molar-refractivity contribution in [2.24, 2.45) is 0 Å². The molecule has 0 spiro atoms. The third-order valence-corrected chi connectivity index (χ3v) is 4.22. The average Bonchev–Trinajstić information content (AvgIpc) is 2.64. The van der Waals surface area contributed by atoms with E-state index in [1.165, 1.54) is 0 Å². The molecule has 0 heterocycles. The van der Waals surface area contributed by atoms with Gasteiger partial charge in [0.2, 0.25) is 0 Å². The number of rotatable bonds is 8. The Morgan fingerprint density at radius 3 is 2.38 bits per heavy atom. The van der Waals surface area contributed by atoms with Crippen LogP contribution in [0.15, 0.2) is 54.6 Å². The van der Waals surface area contributed by atoms with E-state index in [1.54, 1.807) is 0 Å². The van der Waals surface area contributed by atoms with Crippen LogP contribution in [-0.4, -0.2) is 43.7 Å². The molecule has 140 valence electrons. The van der Waals surface area contributed by atoms with Gasteiger partial charge in [-0.25, -0.2) is 0 Å². The van der Waals surface area contributed by atoms with E-state index in [-0.39, 0.29) is 24.1 Å². The number of amidine groups is 1. The van der Waals surface area contributed by atoms with Gasteiger partial charge in [-0.05, 0) is 38.7 Å². The van der Waals surface area contributed by atoms with E-state index in [0.717, 1.165) is 25.1 Å². The summed E-state index contributed by atoms with van der Waals surface area (Å²) in [6.07, 6.45) is 0.995. The maximum atomic E-state index is 12.6. The molecule has 0 radical (unpaired) electrons. The molecule has 2 aromatic rings. The Balaban J connectivity index is 0.00000338. The molecule has 0 fully saturated rings. The highest BCUT2D eigenvalue weighted by Crippen LogP contribution is 2.19. The molecule has 5 heteroatoms. The van der Waals surface area contributed by atoms with Crippen molar-refractivity contribution in [2.45, 2.75) is 19.3 Å². The Hall–Kier alpha value is -2.17. The van der Waals surface area contributed by atoms with Crippen molar-refractivity contribution in [3.05, 3.63) is 71.3 Å². The zero-order chi connectivity index (χ0) is 18.2. The van der Waals surface area contributed by atoms with Crippen LogP contribution in [0.3, 0.4) is 0 Å². The van der Waals surface area contributed by atoms with Crippen LogP contribution in [-0.2, 0) is 0 Å². The normalized spacial score (nSPS) is 11.5. The fraction of sp³-hybridized carbons (Fsp3) is 0.333. The molecule has 0 aliphatic heterocycles. The van der Waals surface area contributed by atoms with Crippen LogP contribution >= 0.6 is 12.4 Å². The molecule has 0 bridgehead atoms. The monoisotopic (exact) mass is 373 g/mol. The highest BCUT2D eigenvalue weighted by molar-refractivity contribution is 6.09. The number of benzene rings is 2. The first-order valence-corrected chi connectivity index (χ1v) is 8.66. The van der Waals surface area contributed by atoms with Gasteiger partial charge in [0.05, 0.1) is 0 Å². The van der Waals surface area contributed by atoms with Crippen molar-refractivity contribution in [3.63, 3.8) is 0 Å². The van der Waals surface area contributed by atoms with E-state index in [0.29, 0.717) is 17.0 Å². The lowest BCUT2D eigenvalue weighted by Crippen LogP contribution is -2.30. The molecular formula is C21H28ClN3O. The minimum absolute atomic E-state index is 0. The van der Waals surface area contributed by atoms with E-state index in [4.69, 9.17) is 5.41 Å². The summed E-state index contributed by atoms with van der Waals surface area (Å²) in [7, 11) is 4.09. The zero-order valence-corrected chi connectivity index (χ0v) is 16.5. The van der Waals surface area contributed by atoms with Crippen molar-refractivity contribution < 1.29 is 4.79 Å². The van der Waals surface area contributed by atoms with Crippen LogP contribution in [0.1, 0.15) is 40.7 Å². The Kier molecular flexibility index (Phi) is 9.03. The van der Waals surface area contributed by atoms with Gasteiger partial charge in [0.1, 0.15) is 5.84 Å². The first kappa shape index (κ1) is 21.9. The Labute approximate surface area is 162 Å². The lowest BCUT2D eigenvalue weighted by Gasteiger charge is -2.17. The minimum atomic E-state index is -0.0668. The highest BCUT2D eigenvalue weighted by Gasteiger charge is 2.14. The summed E-state index contributed by atoms with van der Waals surface area (Å²) in [5.74, 6) is 0.436. The van der Waals surface area contributed by atoms with Gasteiger partial charge >= 0.3 is 0 Å². The van der Waals surface area contributed by atoms with Crippen LogP contribution in [0.2, 0.25) is 0 Å². The molecule has 0 unspecified atom stereocenters. The van der Waals surface area contributed by atoms with Gasteiger partial charge in [-0.15, -0.1) is 12.4 Å². The van der Waals surface area contributed by atoms with Crippen LogP contribution in [0.5, 0.6) is 0 Å². The second-order valence-electron chi connectivity index (χ2n) is 6.54. The molecule has 0 aliphatic rings. The molecule has 0 saturated heterocycles. The molecule has 2 aromatic carbocycles. The van der Waals surface area contributed by atoms with Crippen molar-refractivity contribution in [3.8, 4) is 0 Å². The van der Waals surface area contributed by atoms with Crippen LogP contribution in [0, 0.1) is 5.41 Å². The lowest BCUT2D eigenvalue weighted by molar-refractivity contribution is 0.103. The van der Waals surface area contributed by atoms with E-state index < -0.39 is 0 Å². The standard InChI is InChI=1S/C21H27N3O.ClH/c1-16(21(22)23-13-8-14-24(2)3)18-11-7-12-19(15-18)20(25)17-9-5-4-6-10-17;/h4-7,9-12,15-16H,8,13-14H2,1-3H3,(H2,22,23);1H/t16-;/m0./s1. The van der Waals surface area contributed by atoms with Crippen LogP contribution < -0.4 is 5.32 Å². The highest BCUT2D eigenvalue weighted by atomic mass is 35.5. The third-order valence-electron chi connectivity index (χ3n) is 4.22. The van der Waals surface area contributed by atoms with Gasteiger partial charge in [0.15, 0.2) is 5.78 Å². The summed E-state index contributed by atoms with van der Waals surface area (Å²) in [5, 5.41) is 11.4. The number of hydrogen-bond donors (Lipinski definition) is 2. The second kappa shape index (κ2) is 10.7. The molecule has 26 heavy (non-hydrogen) atoms. The second-order valence-corrected chi connectivity index (χ2v) is 6.54. The number of halogens is 1. The summed E-state index contributed by atoms with van der Waals surface area (Å²) in [6, 6.07) is 16.9.